The van der Waals surface area contributed by atoms with Gasteiger partial charge in [-0.15, -0.1) is 0 Å². The Morgan fingerprint density at radius 1 is 1.41 bits per heavy atom. The number of benzene rings is 1. The van der Waals surface area contributed by atoms with Crippen molar-refractivity contribution in [3.05, 3.63) is 51.9 Å². The molecule has 84 valence electrons. The number of phenolic OH excluding ortho intramolecular Hbond substituents is 1. The van der Waals surface area contributed by atoms with E-state index in [0.29, 0.717) is 22.8 Å². The lowest BCUT2D eigenvalue weighted by Crippen LogP contribution is -2.08. The second-order valence-corrected chi connectivity index (χ2v) is 3.53. The average Bonchev–Trinajstić information content (AvgIpc) is 2.28. The molecule has 0 aliphatic carbocycles. The zero-order valence-corrected chi connectivity index (χ0v) is 9.06. The minimum atomic E-state index is -0.292. The summed E-state index contributed by atoms with van der Waals surface area (Å²) in [6.07, 6.45) is 0. The van der Waals surface area contributed by atoms with Crippen LogP contribution in [0.3, 0.4) is 0 Å². The molecular formula is C12H9N3O2. The SMILES string of the molecule is [C-]#[N+]c1ccc(O)c(-c2cc(=O)[nH]c(C)n2)c1. The molecule has 0 radical (unpaired) electrons. The number of H-pyrrole nitrogens is 1. The molecule has 0 saturated carbocycles. The van der Waals surface area contributed by atoms with Crippen molar-refractivity contribution in [1.29, 1.82) is 0 Å². The van der Waals surface area contributed by atoms with Gasteiger partial charge in [-0.2, -0.15) is 0 Å². The Balaban J connectivity index is 2.68. The maximum Gasteiger partial charge on any atom is 0.251 e. The van der Waals surface area contributed by atoms with E-state index in [1.807, 2.05) is 0 Å². The monoisotopic (exact) mass is 227 g/mol. The lowest BCUT2D eigenvalue weighted by molar-refractivity contribution is 0.477. The van der Waals surface area contributed by atoms with Gasteiger partial charge in [-0.25, -0.2) is 9.83 Å². The Bertz CT molecular complexity index is 668. The van der Waals surface area contributed by atoms with Crippen molar-refractivity contribution in [2.45, 2.75) is 6.92 Å². The maximum atomic E-state index is 11.3. The fraction of sp³-hybridized carbons (Fsp3) is 0.0833. The van der Waals surface area contributed by atoms with Crippen LogP contribution in [0.25, 0.3) is 16.1 Å². The van der Waals surface area contributed by atoms with Gasteiger partial charge < -0.3 is 10.1 Å². The van der Waals surface area contributed by atoms with Crippen molar-refractivity contribution >= 4 is 5.69 Å². The summed E-state index contributed by atoms with van der Waals surface area (Å²) >= 11 is 0. The summed E-state index contributed by atoms with van der Waals surface area (Å²) < 4.78 is 0. The first-order chi connectivity index (χ1) is 8.10. The molecule has 1 aromatic carbocycles. The van der Waals surface area contributed by atoms with Gasteiger partial charge in [0.05, 0.1) is 12.3 Å². The van der Waals surface area contributed by atoms with E-state index in [-0.39, 0.29) is 11.3 Å². The minimum absolute atomic E-state index is 0.00472. The summed E-state index contributed by atoms with van der Waals surface area (Å²) in [5, 5.41) is 9.71. The topological polar surface area (TPSA) is 70.3 Å². The predicted octanol–water partition coefficient (Wildman–Crippen LogP) is 2.00. The van der Waals surface area contributed by atoms with Gasteiger partial charge in [-0.1, -0.05) is 6.07 Å². The number of aromatic amines is 1. The van der Waals surface area contributed by atoms with Crippen molar-refractivity contribution < 1.29 is 5.11 Å². The van der Waals surface area contributed by atoms with Gasteiger partial charge in [0.25, 0.3) is 5.56 Å². The number of nitrogens with zero attached hydrogens (tertiary/aromatic N) is 2. The quantitative estimate of drug-likeness (QED) is 0.732. The van der Waals surface area contributed by atoms with E-state index in [1.54, 1.807) is 6.92 Å². The normalized spacial score (nSPS) is 9.88. The number of rotatable bonds is 1. The number of aromatic hydroxyl groups is 1. The molecule has 2 N–H and O–H groups in total. The number of aryl methyl sites for hydroxylation is 1. The lowest BCUT2D eigenvalue weighted by atomic mass is 10.1. The van der Waals surface area contributed by atoms with Crippen LogP contribution >= 0.6 is 0 Å². The van der Waals surface area contributed by atoms with E-state index in [9.17, 15) is 9.90 Å². The second kappa shape index (κ2) is 4.10. The molecule has 0 aliphatic heterocycles. The van der Waals surface area contributed by atoms with Crippen LogP contribution in [0.15, 0.2) is 29.1 Å². The molecule has 5 nitrogen and oxygen atoms in total. The zero-order valence-electron chi connectivity index (χ0n) is 9.06. The molecule has 5 heteroatoms. The molecule has 0 aliphatic rings. The zero-order chi connectivity index (χ0) is 12.4. The van der Waals surface area contributed by atoms with Crippen molar-refractivity contribution in [3.8, 4) is 17.0 Å². The smallest absolute Gasteiger partial charge is 0.251 e. The third-order valence-corrected chi connectivity index (χ3v) is 2.25. The molecule has 1 aromatic heterocycles. The molecule has 2 aromatic rings. The van der Waals surface area contributed by atoms with Gasteiger partial charge in [0.15, 0.2) is 5.69 Å². The number of hydrogen-bond acceptors (Lipinski definition) is 3. The molecule has 0 fully saturated rings. The van der Waals surface area contributed by atoms with Crippen molar-refractivity contribution in [2.75, 3.05) is 0 Å². The number of hydrogen-bond donors (Lipinski definition) is 2. The summed E-state index contributed by atoms with van der Waals surface area (Å²) in [5.41, 5.74) is 0.833. The van der Waals surface area contributed by atoms with Crippen LogP contribution in [0.5, 0.6) is 5.75 Å². The van der Waals surface area contributed by atoms with E-state index >= 15 is 0 Å². The highest BCUT2D eigenvalue weighted by Crippen LogP contribution is 2.30. The van der Waals surface area contributed by atoms with Crippen LogP contribution in [0.4, 0.5) is 5.69 Å². The van der Waals surface area contributed by atoms with Crippen LogP contribution in [0, 0.1) is 13.5 Å². The standard InChI is InChI=1S/C12H9N3O2/c1-7-14-10(6-12(17)15-7)9-5-8(13-2)3-4-11(9)16/h3-6,16H,1H3,(H,14,15,17). The van der Waals surface area contributed by atoms with Crippen LogP contribution in [0.1, 0.15) is 5.82 Å². The van der Waals surface area contributed by atoms with Gasteiger partial charge in [-0.05, 0) is 19.1 Å². The van der Waals surface area contributed by atoms with Crippen LogP contribution < -0.4 is 5.56 Å². The van der Waals surface area contributed by atoms with E-state index < -0.39 is 0 Å². The largest absolute Gasteiger partial charge is 0.507 e. The fourth-order valence-electron chi connectivity index (χ4n) is 1.52. The highest BCUT2D eigenvalue weighted by molar-refractivity contribution is 5.71. The summed E-state index contributed by atoms with van der Waals surface area (Å²) in [5.74, 6) is 0.454. The molecule has 0 saturated heterocycles. The van der Waals surface area contributed by atoms with E-state index in [4.69, 9.17) is 6.57 Å². The molecule has 0 amide bonds. The minimum Gasteiger partial charge on any atom is -0.507 e. The van der Waals surface area contributed by atoms with Gasteiger partial charge in [0.1, 0.15) is 11.6 Å². The van der Waals surface area contributed by atoms with Gasteiger partial charge in [0.2, 0.25) is 0 Å². The van der Waals surface area contributed by atoms with E-state index in [0.717, 1.165) is 0 Å². The number of aromatic nitrogens is 2. The van der Waals surface area contributed by atoms with Crippen molar-refractivity contribution in [1.82, 2.24) is 9.97 Å². The van der Waals surface area contributed by atoms with Crippen LogP contribution in [-0.4, -0.2) is 15.1 Å². The molecule has 0 unspecified atom stereocenters. The van der Waals surface area contributed by atoms with Gasteiger partial charge in [0, 0.05) is 11.6 Å². The molecular weight excluding hydrogens is 218 g/mol. The van der Waals surface area contributed by atoms with E-state index in [1.165, 1.54) is 24.3 Å². The summed E-state index contributed by atoms with van der Waals surface area (Å²) in [6, 6.07) is 5.71. The average molecular weight is 227 g/mol. The van der Waals surface area contributed by atoms with Crippen LogP contribution in [-0.2, 0) is 0 Å². The first-order valence-electron chi connectivity index (χ1n) is 4.89. The number of nitrogens with one attached hydrogen (secondary N) is 1. The predicted molar refractivity (Wildman–Crippen MR) is 63.0 cm³/mol. The lowest BCUT2D eigenvalue weighted by Gasteiger charge is -2.04. The van der Waals surface area contributed by atoms with Crippen LogP contribution in [0.2, 0.25) is 0 Å². The third-order valence-electron chi connectivity index (χ3n) is 2.25. The fourth-order valence-corrected chi connectivity index (χ4v) is 1.52. The second-order valence-electron chi connectivity index (χ2n) is 3.53. The third kappa shape index (κ3) is 2.16. The molecule has 1 heterocycles. The van der Waals surface area contributed by atoms with Gasteiger partial charge >= 0.3 is 0 Å². The Kier molecular flexibility index (Phi) is 2.63. The summed E-state index contributed by atoms with van der Waals surface area (Å²) in [4.78, 5) is 21.2. The first-order valence-corrected chi connectivity index (χ1v) is 4.89. The summed E-state index contributed by atoms with van der Waals surface area (Å²) in [7, 11) is 0. The van der Waals surface area contributed by atoms with E-state index in [2.05, 4.69) is 14.8 Å². The molecule has 17 heavy (non-hydrogen) atoms. The molecule has 0 bridgehead atoms. The molecule has 0 atom stereocenters. The van der Waals surface area contributed by atoms with Gasteiger partial charge in [-0.3, -0.25) is 4.79 Å². The first kappa shape index (κ1) is 10.9. The molecule has 2 rings (SSSR count). The Hall–Kier alpha value is -2.61. The maximum absolute atomic E-state index is 11.3. The Morgan fingerprint density at radius 3 is 2.82 bits per heavy atom. The Morgan fingerprint density at radius 2 is 2.18 bits per heavy atom. The summed E-state index contributed by atoms with van der Waals surface area (Å²) in [6.45, 7) is 8.57. The molecule has 0 spiro atoms. The number of phenols is 1. The highest BCUT2D eigenvalue weighted by Gasteiger charge is 2.08. The van der Waals surface area contributed by atoms with Crippen molar-refractivity contribution in [3.63, 3.8) is 0 Å². The van der Waals surface area contributed by atoms with Crippen molar-refractivity contribution in [2.24, 2.45) is 0 Å². The Labute approximate surface area is 97.2 Å². The highest BCUT2D eigenvalue weighted by atomic mass is 16.3.